The summed E-state index contributed by atoms with van der Waals surface area (Å²) >= 11 is 1.90. The second-order valence-electron chi connectivity index (χ2n) is 5.99. The van der Waals surface area contributed by atoms with Crippen molar-refractivity contribution in [2.75, 3.05) is 25.4 Å². The summed E-state index contributed by atoms with van der Waals surface area (Å²) in [6.07, 6.45) is 0.938. The van der Waals surface area contributed by atoms with Gasteiger partial charge in [0, 0.05) is 29.7 Å². The largest absolute Gasteiger partial charge is 0.343 e. The maximum atomic E-state index is 12.4. The van der Waals surface area contributed by atoms with Crippen molar-refractivity contribution in [3.63, 3.8) is 0 Å². The number of carbonyl (C=O) groups is 2. The van der Waals surface area contributed by atoms with Crippen molar-refractivity contribution in [3.05, 3.63) is 71.8 Å². The molecular formula is C20H22N2O2S. The van der Waals surface area contributed by atoms with Gasteiger partial charge in [-0.05, 0) is 24.1 Å². The van der Waals surface area contributed by atoms with E-state index in [1.165, 1.54) is 5.56 Å². The van der Waals surface area contributed by atoms with Crippen LogP contribution in [0.1, 0.15) is 27.6 Å². The maximum absolute atomic E-state index is 12.4. The number of thioether (sulfide) groups is 1. The van der Waals surface area contributed by atoms with E-state index in [0.717, 1.165) is 25.3 Å². The zero-order valence-electron chi connectivity index (χ0n) is 14.1. The summed E-state index contributed by atoms with van der Waals surface area (Å²) in [5.74, 6) is 0.691. The van der Waals surface area contributed by atoms with Gasteiger partial charge in [-0.3, -0.25) is 9.59 Å². The van der Waals surface area contributed by atoms with Gasteiger partial charge in [-0.15, -0.1) is 0 Å². The molecule has 1 heterocycles. The average Bonchev–Trinajstić information content (AvgIpc) is 2.93. The van der Waals surface area contributed by atoms with E-state index in [2.05, 4.69) is 29.6 Å². The van der Waals surface area contributed by atoms with Crippen LogP contribution >= 0.6 is 11.8 Å². The highest BCUT2D eigenvalue weighted by molar-refractivity contribution is 7.99. The van der Waals surface area contributed by atoms with Crippen LogP contribution in [0.5, 0.6) is 0 Å². The Hall–Kier alpha value is -2.27. The minimum Gasteiger partial charge on any atom is -0.343 e. The summed E-state index contributed by atoms with van der Waals surface area (Å²) in [6.45, 7) is 1.51. The number of hydrogen-bond donors (Lipinski definition) is 1. The number of carbonyl (C=O) groups excluding carboxylic acids is 2. The summed E-state index contributed by atoms with van der Waals surface area (Å²) in [5, 5.41) is 3.15. The number of benzene rings is 2. The molecule has 0 saturated carbocycles. The molecule has 2 aromatic carbocycles. The van der Waals surface area contributed by atoms with Gasteiger partial charge in [-0.25, -0.2) is 0 Å². The molecule has 1 N–H and O–H groups in total. The summed E-state index contributed by atoms with van der Waals surface area (Å²) in [7, 11) is 0. The van der Waals surface area contributed by atoms with E-state index in [1.54, 1.807) is 12.1 Å². The average molecular weight is 354 g/mol. The summed E-state index contributed by atoms with van der Waals surface area (Å²) in [5.41, 5.74) is 1.89. The lowest BCUT2D eigenvalue weighted by Gasteiger charge is -2.20. The number of nitrogens with zero attached hydrogens (tertiary/aromatic N) is 1. The molecule has 1 fully saturated rings. The highest BCUT2D eigenvalue weighted by Crippen LogP contribution is 2.34. The fourth-order valence-corrected chi connectivity index (χ4v) is 4.14. The first kappa shape index (κ1) is 17.5. The SMILES string of the molecule is O=C(NCC(=O)N1CCSC(c2ccccc2)CC1)c1ccccc1. The van der Waals surface area contributed by atoms with E-state index in [-0.39, 0.29) is 18.4 Å². The van der Waals surface area contributed by atoms with Crippen molar-refractivity contribution in [1.82, 2.24) is 10.2 Å². The topological polar surface area (TPSA) is 49.4 Å². The number of amides is 2. The summed E-state index contributed by atoms with van der Waals surface area (Å²) < 4.78 is 0. The van der Waals surface area contributed by atoms with Gasteiger partial charge >= 0.3 is 0 Å². The lowest BCUT2D eigenvalue weighted by molar-refractivity contribution is -0.129. The van der Waals surface area contributed by atoms with Crippen molar-refractivity contribution in [3.8, 4) is 0 Å². The Kier molecular flexibility index (Phi) is 6.12. The minimum atomic E-state index is -0.208. The molecule has 0 aromatic heterocycles. The van der Waals surface area contributed by atoms with Crippen LogP contribution in [0.25, 0.3) is 0 Å². The first-order valence-electron chi connectivity index (χ1n) is 8.51. The van der Waals surface area contributed by atoms with Gasteiger partial charge in [0.1, 0.15) is 0 Å². The predicted octanol–water partition coefficient (Wildman–Crippen LogP) is 3.12. The standard InChI is InChI=1S/C20H22N2O2S/c23-19(15-21-20(24)17-9-5-2-6-10-17)22-12-11-18(25-14-13-22)16-7-3-1-4-8-16/h1-10,18H,11-15H2,(H,21,24). The third-order valence-corrected chi connectivity index (χ3v) is 5.63. The van der Waals surface area contributed by atoms with Crippen LogP contribution in [0.2, 0.25) is 0 Å². The Bertz CT molecular complexity index is 706. The van der Waals surface area contributed by atoms with E-state index in [0.29, 0.717) is 10.8 Å². The molecule has 130 valence electrons. The van der Waals surface area contributed by atoms with E-state index in [1.807, 2.05) is 40.9 Å². The van der Waals surface area contributed by atoms with Crippen molar-refractivity contribution >= 4 is 23.6 Å². The van der Waals surface area contributed by atoms with E-state index in [4.69, 9.17) is 0 Å². The van der Waals surface area contributed by atoms with Gasteiger partial charge in [0.15, 0.2) is 0 Å². The van der Waals surface area contributed by atoms with Gasteiger partial charge < -0.3 is 10.2 Å². The number of nitrogens with one attached hydrogen (secondary N) is 1. The van der Waals surface area contributed by atoms with Crippen LogP contribution in [-0.2, 0) is 4.79 Å². The fraction of sp³-hybridized carbons (Fsp3) is 0.300. The maximum Gasteiger partial charge on any atom is 0.251 e. The molecule has 1 aliphatic rings. The van der Waals surface area contributed by atoms with Crippen molar-refractivity contribution in [1.29, 1.82) is 0 Å². The van der Waals surface area contributed by atoms with Crippen LogP contribution in [0, 0.1) is 0 Å². The van der Waals surface area contributed by atoms with Gasteiger partial charge in [-0.2, -0.15) is 11.8 Å². The second-order valence-corrected chi connectivity index (χ2v) is 7.30. The van der Waals surface area contributed by atoms with Crippen LogP contribution < -0.4 is 5.32 Å². The first-order valence-corrected chi connectivity index (χ1v) is 9.56. The van der Waals surface area contributed by atoms with Crippen molar-refractivity contribution in [2.45, 2.75) is 11.7 Å². The molecule has 0 spiro atoms. The van der Waals surface area contributed by atoms with Gasteiger partial charge in [0.25, 0.3) is 5.91 Å². The molecule has 1 atom stereocenters. The molecule has 0 bridgehead atoms. The van der Waals surface area contributed by atoms with Crippen molar-refractivity contribution < 1.29 is 9.59 Å². The third kappa shape index (κ3) is 4.86. The Morgan fingerprint density at radius 1 is 1.00 bits per heavy atom. The quantitative estimate of drug-likeness (QED) is 0.918. The van der Waals surface area contributed by atoms with Crippen LogP contribution in [-0.4, -0.2) is 42.1 Å². The summed E-state index contributed by atoms with van der Waals surface area (Å²) in [6, 6.07) is 19.4. The number of hydrogen-bond acceptors (Lipinski definition) is 3. The lowest BCUT2D eigenvalue weighted by atomic mass is 10.1. The summed E-state index contributed by atoms with van der Waals surface area (Å²) in [4.78, 5) is 26.3. The monoisotopic (exact) mass is 354 g/mol. The molecule has 5 heteroatoms. The Labute approximate surface area is 152 Å². The van der Waals surface area contributed by atoms with E-state index in [9.17, 15) is 9.59 Å². The zero-order chi connectivity index (χ0) is 17.5. The van der Waals surface area contributed by atoms with E-state index < -0.39 is 0 Å². The molecule has 0 aliphatic carbocycles. The molecule has 4 nitrogen and oxygen atoms in total. The minimum absolute atomic E-state index is 0.0152. The molecule has 3 rings (SSSR count). The predicted molar refractivity (Wildman–Crippen MR) is 102 cm³/mol. The van der Waals surface area contributed by atoms with Crippen LogP contribution in [0.15, 0.2) is 60.7 Å². The fourth-order valence-electron chi connectivity index (χ4n) is 2.91. The highest BCUT2D eigenvalue weighted by Gasteiger charge is 2.22. The molecule has 2 amide bonds. The van der Waals surface area contributed by atoms with Crippen LogP contribution in [0.3, 0.4) is 0 Å². The molecule has 1 unspecified atom stereocenters. The molecular weight excluding hydrogens is 332 g/mol. The Morgan fingerprint density at radius 3 is 2.40 bits per heavy atom. The normalized spacial score (nSPS) is 17.6. The second kappa shape index (κ2) is 8.72. The van der Waals surface area contributed by atoms with Crippen LogP contribution in [0.4, 0.5) is 0 Å². The zero-order valence-corrected chi connectivity index (χ0v) is 14.9. The smallest absolute Gasteiger partial charge is 0.251 e. The first-order chi connectivity index (χ1) is 12.2. The number of rotatable bonds is 4. The molecule has 1 aliphatic heterocycles. The van der Waals surface area contributed by atoms with Gasteiger partial charge in [-0.1, -0.05) is 48.5 Å². The van der Waals surface area contributed by atoms with Crippen molar-refractivity contribution in [2.24, 2.45) is 0 Å². The highest BCUT2D eigenvalue weighted by atomic mass is 32.2. The third-order valence-electron chi connectivity index (χ3n) is 4.30. The van der Waals surface area contributed by atoms with E-state index >= 15 is 0 Å². The van der Waals surface area contributed by atoms with Gasteiger partial charge in [0.2, 0.25) is 5.91 Å². The molecule has 0 radical (unpaired) electrons. The Balaban J connectivity index is 1.50. The Morgan fingerprint density at radius 2 is 1.68 bits per heavy atom. The molecule has 1 saturated heterocycles. The molecule has 2 aromatic rings. The van der Waals surface area contributed by atoms with Gasteiger partial charge in [0.05, 0.1) is 6.54 Å². The molecule has 25 heavy (non-hydrogen) atoms. The lowest BCUT2D eigenvalue weighted by Crippen LogP contribution is -2.41.